The third kappa shape index (κ3) is 8.57. The number of thiocarbonyl (C=S) groups is 1. The third-order valence-corrected chi connectivity index (χ3v) is 7.84. The predicted molar refractivity (Wildman–Crippen MR) is 131 cm³/mol. The van der Waals surface area contributed by atoms with Crippen LogP contribution in [0.15, 0.2) is 27.9 Å². The van der Waals surface area contributed by atoms with Gasteiger partial charge in [0.15, 0.2) is 5.17 Å². The lowest BCUT2D eigenvalue weighted by molar-refractivity contribution is -0.117. The number of hydrogen-bond acceptors (Lipinski definition) is 9. The Labute approximate surface area is 192 Å². The minimum Gasteiger partial charge on any atom is -0.326 e. The highest BCUT2D eigenvalue weighted by Crippen LogP contribution is 2.18. The van der Waals surface area contributed by atoms with E-state index in [1.54, 1.807) is 22.7 Å². The maximum atomic E-state index is 10.9. The van der Waals surface area contributed by atoms with Crippen LogP contribution >= 0.6 is 58.4 Å². The van der Waals surface area contributed by atoms with E-state index in [9.17, 15) is 9.59 Å². The maximum absolute atomic E-state index is 10.9. The first-order valence-electron chi connectivity index (χ1n) is 8.58. The Morgan fingerprint density at radius 1 is 1.00 bits per heavy atom. The van der Waals surface area contributed by atoms with E-state index in [0.717, 1.165) is 5.17 Å². The molecule has 4 heterocycles. The largest absolute Gasteiger partial charge is 0.326 e. The van der Waals surface area contributed by atoms with Gasteiger partial charge in [-0.15, -0.1) is 22.7 Å². The van der Waals surface area contributed by atoms with Crippen molar-refractivity contribution >= 4 is 79.7 Å². The Morgan fingerprint density at radius 2 is 1.59 bits per heavy atom. The molecular formula is C18H22N4O2S5. The van der Waals surface area contributed by atoms with Crippen molar-refractivity contribution in [3.8, 4) is 0 Å². The molecule has 0 aliphatic carbocycles. The zero-order chi connectivity index (χ0) is 21.2. The first-order valence-corrected chi connectivity index (χ1v) is 12.7. The fourth-order valence-electron chi connectivity index (χ4n) is 2.05. The molecular weight excluding hydrogens is 465 g/mol. The summed E-state index contributed by atoms with van der Waals surface area (Å²) < 4.78 is 0.602. The van der Waals surface area contributed by atoms with Gasteiger partial charge in [0.1, 0.15) is 4.32 Å². The number of aryl methyl sites for hydroxylation is 2. The molecule has 0 bridgehead atoms. The van der Waals surface area contributed by atoms with Crippen molar-refractivity contribution in [2.75, 3.05) is 11.5 Å². The number of hydrogen-bond donors (Lipinski definition) is 3. The lowest BCUT2D eigenvalue weighted by atomic mass is 10.3. The minimum atomic E-state index is 0.0231. The first-order chi connectivity index (χ1) is 13.9. The van der Waals surface area contributed by atoms with E-state index in [2.05, 4.69) is 64.6 Å². The van der Waals surface area contributed by atoms with E-state index in [0.29, 0.717) is 28.9 Å². The number of rotatable bonds is 3. The Kier molecular flexibility index (Phi) is 10.3. The Hall–Kier alpha value is -1.24. The second kappa shape index (κ2) is 12.5. The summed E-state index contributed by atoms with van der Waals surface area (Å²) in [4.78, 5) is 28.0. The minimum absolute atomic E-state index is 0.0231. The highest BCUT2D eigenvalue weighted by molar-refractivity contribution is 8.24. The molecule has 4 N–H and O–H groups in total. The average Bonchev–Trinajstić information content (AvgIpc) is 3.46. The highest BCUT2D eigenvalue weighted by atomic mass is 32.2. The topological polar surface area (TPSA) is 96.6 Å². The molecule has 0 spiro atoms. The Morgan fingerprint density at radius 3 is 1.93 bits per heavy atom. The maximum Gasteiger partial charge on any atom is 0.236 e. The molecule has 2 aromatic rings. The zero-order valence-electron chi connectivity index (χ0n) is 16.0. The van der Waals surface area contributed by atoms with E-state index >= 15 is 0 Å². The standard InChI is InChI=1S/C9H10N2OS2.C6H9NS.C3H3NOS2/c1-6-2-3-13-7(6)4-10-9-11-8(12)5-14-9;1-5-2-3-8-6(5)4-7;5-2-1-7-3(6)4-2/h2-3H,4-5H2,1H3,(H,10,11,12);2-3H,4,7H2,1H3;1H2,(H,4,5,6). The van der Waals surface area contributed by atoms with Crippen LogP contribution in [0.5, 0.6) is 0 Å². The molecule has 6 nitrogen and oxygen atoms in total. The number of carbonyl (C=O) groups excluding carboxylic acids is 2. The van der Waals surface area contributed by atoms with Crippen LogP contribution in [0.1, 0.15) is 20.9 Å². The van der Waals surface area contributed by atoms with Gasteiger partial charge in [-0.3, -0.25) is 14.6 Å². The van der Waals surface area contributed by atoms with Crippen molar-refractivity contribution in [3.05, 3.63) is 43.8 Å². The van der Waals surface area contributed by atoms with Gasteiger partial charge in [-0.05, 0) is 47.9 Å². The average molecular weight is 487 g/mol. The summed E-state index contributed by atoms with van der Waals surface area (Å²) in [7, 11) is 0. The number of nitrogens with one attached hydrogen (secondary N) is 2. The van der Waals surface area contributed by atoms with Crippen molar-refractivity contribution in [2.24, 2.45) is 10.7 Å². The number of nitrogens with zero attached hydrogens (tertiary/aromatic N) is 1. The molecule has 156 valence electrons. The highest BCUT2D eigenvalue weighted by Gasteiger charge is 2.16. The molecule has 2 aliphatic rings. The van der Waals surface area contributed by atoms with Gasteiger partial charge < -0.3 is 16.4 Å². The quantitative estimate of drug-likeness (QED) is 0.575. The van der Waals surface area contributed by atoms with Crippen molar-refractivity contribution in [3.63, 3.8) is 0 Å². The second-order valence-corrected chi connectivity index (χ2v) is 10.5. The second-order valence-electron chi connectivity index (χ2n) is 5.84. The molecule has 2 aliphatic heterocycles. The number of thiophene rings is 2. The van der Waals surface area contributed by atoms with E-state index < -0.39 is 0 Å². The number of aliphatic imine (C=N–C) groups is 1. The lowest BCUT2D eigenvalue weighted by Crippen LogP contribution is -2.20. The summed E-state index contributed by atoms with van der Waals surface area (Å²) in [5, 5.41) is 10.1. The molecule has 4 rings (SSSR count). The molecule has 0 aromatic carbocycles. The van der Waals surface area contributed by atoms with Crippen molar-refractivity contribution in [1.82, 2.24) is 10.6 Å². The number of carbonyl (C=O) groups is 2. The SMILES string of the molecule is Cc1ccsc1CN.Cc1ccsc1CN=C1NC(=O)CS1.O=C1CSC(=S)N1. The smallest absolute Gasteiger partial charge is 0.236 e. The summed E-state index contributed by atoms with van der Waals surface area (Å²) in [6.45, 7) is 5.51. The molecule has 2 amide bonds. The van der Waals surface area contributed by atoms with E-state index in [1.807, 2.05) is 0 Å². The van der Waals surface area contributed by atoms with Crippen LogP contribution < -0.4 is 16.4 Å². The van der Waals surface area contributed by atoms with Gasteiger partial charge in [0.25, 0.3) is 0 Å². The van der Waals surface area contributed by atoms with Crippen LogP contribution in [-0.4, -0.2) is 32.8 Å². The van der Waals surface area contributed by atoms with Crippen LogP contribution in [0.2, 0.25) is 0 Å². The number of amidine groups is 1. The summed E-state index contributed by atoms with van der Waals surface area (Å²) >= 11 is 10.9. The number of amides is 2. The molecule has 0 saturated carbocycles. The third-order valence-electron chi connectivity index (χ3n) is 3.65. The number of thioether (sulfide) groups is 2. The van der Waals surface area contributed by atoms with Gasteiger partial charge in [-0.25, -0.2) is 0 Å². The van der Waals surface area contributed by atoms with E-state index in [1.165, 1.54) is 44.4 Å². The van der Waals surface area contributed by atoms with Crippen molar-refractivity contribution < 1.29 is 9.59 Å². The van der Waals surface area contributed by atoms with Gasteiger partial charge in [0.05, 0.1) is 18.1 Å². The van der Waals surface area contributed by atoms with Crippen LogP contribution in [-0.2, 0) is 22.7 Å². The van der Waals surface area contributed by atoms with Crippen molar-refractivity contribution in [1.29, 1.82) is 0 Å². The fourth-order valence-corrected chi connectivity index (χ4v) is 5.16. The van der Waals surface area contributed by atoms with Crippen LogP contribution in [0, 0.1) is 13.8 Å². The molecule has 2 aromatic heterocycles. The first kappa shape index (κ1) is 24.0. The van der Waals surface area contributed by atoms with Crippen LogP contribution in [0.4, 0.5) is 0 Å². The molecule has 0 atom stereocenters. The Bertz CT molecular complexity index is 876. The van der Waals surface area contributed by atoms with Gasteiger partial charge in [0.2, 0.25) is 11.8 Å². The monoisotopic (exact) mass is 486 g/mol. The Balaban J connectivity index is 0.000000170. The molecule has 2 fully saturated rings. The summed E-state index contributed by atoms with van der Waals surface area (Å²) in [6.07, 6.45) is 0. The molecule has 2 saturated heterocycles. The summed E-state index contributed by atoms with van der Waals surface area (Å²) in [5.41, 5.74) is 7.99. The lowest BCUT2D eigenvalue weighted by Gasteiger charge is -1.96. The van der Waals surface area contributed by atoms with Crippen molar-refractivity contribution in [2.45, 2.75) is 26.9 Å². The normalized spacial score (nSPS) is 16.7. The van der Waals surface area contributed by atoms with Gasteiger partial charge in [-0.1, -0.05) is 35.7 Å². The van der Waals surface area contributed by atoms with Gasteiger partial charge in [-0.2, -0.15) is 0 Å². The van der Waals surface area contributed by atoms with Gasteiger partial charge >= 0.3 is 0 Å². The molecule has 0 radical (unpaired) electrons. The van der Waals surface area contributed by atoms with Crippen LogP contribution in [0.25, 0.3) is 0 Å². The predicted octanol–water partition coefficient (Wildman–Crippen LogP) is 3.43. The molecule has 29 heavy (non-hydrogen) atoms. The van der Waals surface area contributed by atoms with E-state index in [4.69, 9.17) is 5.73 Å². The van der Waals surface area contributed by atoms with Gasteiger partial charge in [0, 0.05) is 16.3 Å². The zero-order valence-corrected chi connectivity index (χ0v) is 20.1. The van der Waals surface area contributed by atoms with Crippen LogP contribution in [0.3, 0.4) is 0 Å². The summed E-state index contributed by atoms with van der Waals surface area (Å²) in [6, 6.07) is 4.17. The number of nitrogens with two attached hydrogens (primary N) is 1. The molecule has 0 unspecified atom stereocenters. The fraction of sp³-hybridized carbons (Fsp3) is 0.333. The molecule has 11 heteroatoms. The summed E-state index contributed by atoms with van der Waals surface area (Å²) in [5.74, 6) is 1.08. The van der Waals surface area contributed by atoms with E-state index in [-0.39, 0.29) is 11.8 Å².